The Morgan fingerprint density at radius 2 is 1.86 bits per heavy atom. The maximum atomic E-state index is 13.5. The summed E-state index contributed by atoms with van der Waals surface area (Å²) in [7, 11) is 0. The lowest BCUT2D eigenvalue weighted by Crippen LogP contribution is -2.39. The second kappa shape index (κ2) is 8.53. The molecular formula is C22H23FN4O2. The number of amides is 1. The molecule has 0 saturated carbocycles. The van der Waals surface area contributed by atoms with Crippen LogP contribution in [0.25, 0.3) is 10.9 Å². The zero-order valence-corrected chi connectivity index (χ0v) is 16.1. The molecule has 29 heavy (non-hydrogen) atoms. The first-order valence-electron chi connectivity index (χ1n) is 9.79. The van der Waals surface area contributed by atoms with Gasteiger partial charge in [0, 0.05) is 32.7 Å². The van der Waals surface area contributed by atoms with Gasteiger partial charge in [-0.3, -0.25) is 19.1 Å². The molecule has 0 atom stereocenters. The van der Waals surface area contributed by atoms with Crippen molar-refractivity contribution in [3.8, 4) is 0 Å². The second-order valence-corrected chi connectivity index (χ2v) is 7.34. The topological polar surface area (TPSA) is 58.4 Å². The van der Waals surface area contributed by atoms with Crippen LogP contribution in [0.15, 0.2) is 59.7 Å². The molecule has 0 unspecified atom stereocenters. The number of halogens is 1. The number of carbonyl (C=O) groups excluding carboxylic acids is 1. The highest BCUT2D eigenvalue weighted by Gasteiger charge is 2.20. The highest BCUT2D eigenvalue weighted by molar-refractivity contribution is 5.79. The van der Waals surface area contributed by atoms with E-state index in [0.29, 0.717) is 18.6 Å². The minimum atomic E-state index is -0.494. The fourth-order valence-corrected chi connectivity index (χ4v) is 3.71. The molecule has 4 rings (SSSR count). The smallest absolute Gasteiger partial charge is 0.261 e. The summed E-state index contributed by atoms with van der Waals surface area (Å²) in [6, 6.07) is 14.2. The summed E-state index contributed by atoms with van der Waals surface area (Å²) in [6.07, 6.45) is 2.24. The maximum Gasteiger partial charge on any atom is 0.261 e. The van der Waals surface area contributed by atoms with E-state index in [1.54, 1.807) is 4.90 Å². The van der Waals surface area contributed by atoms with E-state index in [1.165, 1.54) is 34.7 Å². The van der Waals surface area contributed by atoms with Gasteiger partial charge in [0.15, 0.2) is 0 Å². The Morgan fingerprint density at radius 3 is 2.69 bits per heavy atom. The molecule has 1 fully saturated rings. The van der Waals surface area contributed by atoms with Crippen LogP contribution in [-0.4, -0.2) is 51.4 Å². The summed E-state index contributed by atoms with van der Waals surface area (Å²) < 4.78 is 14.7. The lowest BCUT2D eigenvalue weighted by atomic mass is 10.2. The molecule has 7 heteroatoms. The fourth-order valence-electron chi connectivity index (χ4n) is 3.71. The predicted octanol–water partition coefficient (Wildman–Crippen LogP) is 2.27. The normalized spacial score (nSPS) is 15.4. The number of carbonyl (C=O) groups is 1. The van der Waals surface area contributed by atoms with Gasteiger partial charge in [0.05, 0.1) is 17.2 Å². The lowest BCUT2D eigenvalue weighted by molar-refractivity contribution is -0.131. The molecule has 1 amide bonds. The van der Waals surface area contributed by atoms with Gasteiger partial charge in [0.2, 0.25) is 5.91 Å². The van der Waals surface area contributed by atoms with Crippen LogP contribution in [0.3, 0.4) is 0 Å². The van der Waals surface area contributed by atoms with E-state index < -0.39 is 11.4 Å². The van der Waals surface area contributed by atoms with E-state index in [0.717, 1.165) is 26.1 Å². The van der Waals surface area contributed by atoms with Gasteiger partial charge in [-0.15, -0.1) is 0 Å². The minimum absolute atomic E-state index is 0.0863. The molecule has 0 N–H and O–H groups in total. The first kappa shape index (κ1) is 19.3. The molecule has 6 nitrogen and oxygen atoms in total. The van der Waals surface area contributed by atoms with Crippen LogP contribution < -0.4 is 5.56 Å². The van der Waals surface area contributed by atoms with Gasteiger partial charge in [-0.25, -0.2) is 9.37 Å². The highest BCUT2D eigenvalue weighted by Crippen LogP contribution is 2.11. The van der Waals surface area contributed by atoms with E-state index in [2.05, 4.69) is 22.0 Å². The van der Waals surface area contributed by atoms with Crippen LogP contribution in [0.4, 0.5) is 4.39 Å². The third-order valence-corrected chi connectivity index (χ3v) is 5.28. The average molecular weight is 394 g/mol. The van der Waals surface area contributed by atoms with E-state index in [9.17, 15) is 14.0 Å². The number of benzene rings is 2. The standard InChI is InChI=1S/C22H23FN4O2/c23-18-7-8-20-19(13-18)22(29)27(16-24-20)15-21(28)26-10-4-9-25(11-12-26)14-17-5-2-1-3-6-17/h1-3,5-8,13,16H,4,9-12,14-15H2. The van der Waals surface area contributed by atoms with Gasteiger partial charge < -0.3 is 4.90 Å². The number of nitrogens with zero attached hydrogens (tertiary/aromatic N) is 4. The summed E-state index contributed by atoms with van der Waals surface area (Å²) in [5.74, 6) is -0.613. The van der Waals surface area contributed by atoms with Gasteiger partial charge in [-0.2, -0.15) is 0 Å². The van der Waals surface area contributed by atoms with Gasteiger partial charge >= 0.3 is 0 Å². The van der Waals surface area contributed by atoms with Crippen LogP contribution in [0.1, 0.15) is 12.0 Å². The van der Waals surface area contributed by atoms with E-state index in [-0.39, 0.29) is 17.8 Å². The summed E-state index contributed by atoms with van der Waals surface area (Å²) in [6.45, 7) is 3.77. The van der Waals surface area contributed by atoms with Gasteiger partial charge in [-0.1, -0.05) is 30.3 Å². The quantitative estimate of drug-likeness (QED) is 0.681. The average Bonchev–Trinajstić information content (AvgIpc) is 2.97. The summed E-state index contributed by atoms with van der Waals surface area (Å²) >= 11 is 0. The van der Waals surface area contributed by atoms with Crippen molar-refractivity contribution < 1.29 is 9.18 Å². The van der Waals surface area contributed by atoms with Gasteiger partial charge in [-0.05, 0) is 30.2 Å². The Hall–Kier alpha value is -3.06. The number of rotatable bonds is 4. The molecule has 2 aromatic carbocycles. The molecule has 0 radical (unpaired) electrons. The largest absolute Gasteiger partial charge is 0.340 e. The van der Waals surface area contributed by atoms with Crippen LogP contribution >= 0.6 is 0 Å². The lowest BCUT2D eigenvalue weighted by Gasteiger charge is -2.22. The SMILES string of the molecule is O=C(Cn1cnc2ccc(F)cc2c1=O)N1CCCN(Cc2ccccc2)CC1. The highest BCUT2D eigenvalue weighted by atomic mass is 19.1. The third-order valence-electron chi connectivity index (χ3n) is 5.28. The Bertz CT molecular complexity index is 1070. The zero-order valence-electron chi connectivity index (χ0n) is 16.1. The first-order valence-corrected chi connectivity index (χ1v) is 9.79. The monoisotopic (exact) mass is 394 g/mol. The van der Waals surface area contributed by atoms with Gasteiger partial charge in [0.25, 0.3) is 5.56 Å². The molecule has 1 saturated heterocycles. The Morgan fingerprint density at radius 1 is 1.03 bits per heavy atom. The number of aromatic nitrogens is 2. The van der Waals surface area contributed by atoms with E-state index in [1.807, 2.05) is 18.2 Å². The Labute approximate surface area is 168 Å². The molecule has 3 aromatic rings. The third kappa shape index (κ3) is 4.51. The summed E-state index contributed by atoms with van der Waals surface area (Å²) in [4.78, 5) is 33.7. The molecule has 2 heterocycles. The predicted molar refractivity (Wildman–Crippen MR) is 109 cm³/mol. The van der Waals surface area contributed by atoms with Crippen molar-refractivity contribution in [2.45, 2.75) is 19.5 Å². The maximum absolute atomic E-state index is 13.5. The number of fused-ring (bicyclic) bond motifs is 1. The van der Waals surface area contributed by atoms with Crippen molar-refractivity contribution in [1.82, 2.24) is 19.4 Å². The van der Waals surface area contributed by atoms with Crippen LogP contribution in [-0.2, 0) is 17.9 Å². The van der Waals surface area contributed by atoms with E-state index >= 15 is 0 Å². The van der Waals surface area contributed by atoms with E-state index in [4.69, 9.17) is 0 Å². The summed E-state index contributed by atoms with van der Waals surface area (Å²) in [5, 5.41) is 0.185. The first-order chi connectivity index (χ1) is 14.1. The molecular weight excluding hydrogens is 371 g/mol. The second-order valence-electron chi connectivity index (χ2n) is 7.34. The van der Waals surface area contributed by atoms with Crippen molar-refractivity contribution in [2.24, 2.45) is 0 Å². The molecule has 1 aliphatic heterocycles. The molecule has 150 valence electrons. The van der Waals surface area contributed by atoms with Crippen molar-refractivity contribution in [2.75, 3.05) is 26.2 Å². The zero-order chi connectivity index (χ0) is 20.2. The Kier molecular flexibility index (Phi) is 5.67. The Balaban J connectivity index is 1.42. The fraction of sp³-hybridized carbons (Fsp3) is 0.318. The molecule has 0 bridgehead atoms. The van der Waals surface area contributed by atoms with Crippen molar-refractivity contribution >= 4 is 16.8 Å². The van der Waals surface area contributed by atoms with Crippen LogP contribution in [0.5, 0.6) is 0 Å². The number of hydrogen-bond donors (Lipinski definition) is 0. The van der Waals surface area contributed by atoms with Crippen LogP contribution in [0, 0.1) is 5.82 Å². The number of hydrogen-bond acceptors (Lipinski definition) is 4. The molecule has 0 spiro atoms. The molecule has 1 aromatic heterocycles. The minimum Gasteiger partial charge on any atom is -0.340 e. The van der Waals surface area contributed by atoms with Crippen molar-refractivity contribution in [3.05, 3.63) is 76.6 Å². The van der Waals surface area contributed by atoms with Crippen molar-refractivity contribution in [1.29, 1.82) is 0 Å². The van der Waals surface area contributed by atoms with Gasteiger partial charge in [0.1, 0.15) is 12.4 Å². The molecule has 0 aliphatic carbocycles. The molecule has 1 aliphatic rings. The summed E-state index contributed by atoms with van der Waals surface area (Å²) in [5.41, 5.74) is 1.28. The van der Waals surface area contributed by atoms with Crippen LogP contribution in [0.2, 0.25) is 0 Å². The van der Waals surface area contributed by atoms with Crippen molar-refractivity contribution in [3.63, 3.8) is 0 Å².